The number of rotatable bonds is 5. The zero-order valence-electron chi connectivity index (χ0n) is 10.3. The molecule has 18 heavy (non-hydrogen) atoms. The van der Waals surface area contributed by atoms with Crippen LogP contribution >= 0.6 is 11.3 Å². The fraction of sp³-hybridized carbons (Fsp3) is 0.417. The summed E-state index contributed by atoms with van der Waals surface area (Å²) in [6.07, 6.45) is 3.23. The Labute approximate surface area is 109 Å². The summed E-state index contributed by atoms with van der Waals surface area (Å²) in [4.78, 5) is 11.9. The highest BCUT2D eigenvalue weighted by atomic mass is 32.1. The van der Waals surface area contributed by atoms with Gasteiger partial charge in [-0.3, -0.25) is 4.79 Å². The van der Waals surface area contributed by atoms with Crippen molar-refractivity contribution >= 4 is 22.4 Å². The largest absolute Gasteiger partial charge is 0.462 e. The molecule has 0 aliphatic heterocycles. The van der Waals surface area contributed by atoms with E-state index in [-0.39, 0.29) is 11.8 Å². The molecule has 1 N–H and O–H groups in total. The minimum atomic E-state index is 0.00199. The zero-order chi connectivity index (χ0) is 13.0. The molecule has 0 atom stereocenters. The van der Waals surface area contributed by atoms with Crippen LogP contribution in [0.3, 0.4) is 0 Å². The highest BCUT2D eigenvalue weighted by molar-refractivity contribution is 7.18. The number of nitrogens with zero attached hydrogens (tertiary/aromatic N) is 2. The molecule has 0 spiro atoms. The predicted molar refractivity (Wildman–Crippen MR) is 70.3 cm³/mol. The van der Waals surface area contributed by atoms with Crippen LogP contribution in [-0.2, 0) is 4.79 Å². The number of amides is 1. The summed E-state index contributed by atoms with van der Waals surface area (Å²) in [5.41, 5.74) is 0. The Morgan fingerprint density at radius 3 is 2.83 bits per heavy atom. The van der Waals surface area contributed by atoms with E-state index < -0.39 is 0 Å². The number of hydrogen-bond acceptors (Lipinski definition) is 5. The molecular weight excluding hydrogens is 250 g/mol. The molecule has 5 nitrogen and oxygen atoms in total. The molecule has 2 rings (SSSR count). The van der Waals surface area contributed by atoms with Crippen LogP contribution in [0.1, 0.15) is 26.7 Å². The van der Waals surface area contributed by atoms with Gasteiger partial charge in [-0.15, -0.1) is 10.2 Å². The Morgan fingerprint density at radius 1 is 1.44 bits per heavy atom. The fourth-order valence-corrected chi connectivity index (χ4v) is 2.36. The average Bonchev–Trinajstić information content (AvgIpc) is 3.00. The van der Waals surface area contributed by atoms with Gasteiger partial charge in [0, 0.05) is 5.92 Å². The number of aromatic nitrogens is 2. The van der Waals surface area contributed by atoms with Crippen LogP contribution in [0, 0.1) is 5.92 Å². The van der Waals surface area contributed by atoms with E-state index in [0.717, 1.165) is 12.8 Å². The normalized spacial score (nSPS) is 10.8. The van der Waals surface area contributed by atoms with E-state index >= 15 is 0 Å². The first-order valence-electron chi connectivity index (χ1n) is 5.92. The van der Waals surface area contributed by atoms with Crippen molar-refractivity contribution in [2.45, 2.75) is 26.7 Å². The summed E-state index contributed by atoms with van der Waals surface area (Å²) in [6, 6.07) is 3.60. The molecule has 96 valence electrons. The minimum Gasteiger partial charge on any atom is -0.462 e. The molecule has 2 aromatic heterocycles. The van der Waals surface area contributed by atoms with E-state index in [1.165, 1.54) is 11.3 Å². The first kappa shape index (κ1) is 12.8. The Morgan fingerprint density at radius 2 is 2.22 bits per heavy atom. The molecule has 1 amide bonds. The van der Waals surface area contributed by atoms with Crippen molar-refractivity contribution in [3.8, 4) is 10.8 Å². The SMILES string of the molecule is CCC(CC)C(=O)Nc1nnc(-c2ccco2)s1. The number of carbonyl (C=O) groups is 1. The van der Waals surface area contributed by atoms with Gasteiger partial charge in [0.15, 0.2) is 10.8 Å². The second-order valence-corrected chi connectivity index (χ2v) is 4.87. The van der Waals surface area contributed by atoms with Crippen molar-refractivity contribution in [3.05, 3.63) is 18.4 Å². The lowest BCUT2D eigenvalue weighted by Gasteiger charge is -2.09. The van der Waals surface area contributed by atoms with Crippen molar-refractivity contribution in [2.24, 2.45) is 5.92 Å². The fourth-order valence-electron chi connectivity index (χ4n) is 1.64. The van der Waals surface area contributed by atoms with Crippen molar-refractivity contribution in [2.75, 3.05) is 5.32 Å². The third-order valence-corrected chi connectivity index (χ3v) is 3.60. The lowest BCUT2D eigenvalue weighted by atomic mass is 10.0. The Kier molecular flexibility index (Phi) is 4.09. The molecule has 0 radical (unpaired) electrons. The van der Waals surface area contributed by atoms with Gasteiger partial charge in [-0.1, -0.05) is 25.2 Å². The molecule has 0 bridgehead atoms. The van der Waals surface area contributed by atoms with Gasteiger partial charge >= 0.3 is 0 Å². The number of nitrogens with one attached hydrogen (secondary N) is 1. The molecule has 0 aromatic carbocycles. The van der Waals surface area contributed by atoms with Gasteiger partial charge in [-0.05, 0) is 25.0 Å². The number of hydrogen-bond donors (Lipinski definition) is 1. The summed E-state index contributed by atoms with van der Waals surface area (Å²) < 4.78 is 5.22. The van der Waals surface area contributed by atoms with E-state index in [0.29, 0.717) is 15.9 Å². The van der Waals surface area contributed by atoms with Gasteiger partial charge in [0.2, 0.25) is 11.0 Å². The van der Waals surface area contributed by atoms with E-state index in [2.05, 4.69) is 15.5 Å². The number of carbonyl (C=O) groups excluding carboxylic acids is 1. The van der Waals surface area contributed by atoms with Crippen LogP contribution in [0.25, 0.3) is 10.8 Å². The van der Waals surface area contributed by atoms with Crippen molar-refractivity contribution in [1.82, 2.24) is 10.2 Å². The minimum absolute atomic E-state index is 0.00199. The number of furan rings is 1. The monoisotopic (exact) mass is 265 g/mol. The van der Waals surface area contributed by atoms with Crippen LogP contribution in [0.5, 0.6) is 0 Å². The van der Waals surface area contributed by atoms with Crippen LogP contribution in [0.4, 0.5) is 5.13 Å². The molecule has 2 aromatic rings. The highest BCUT2D eigenvalue weighted by Crippen LogP contribution is 2.26. The summed E-state index contributed by atoms with van der Waals surface area (Å²) >= 11 is 1.31. The first-order chi connectivity index (χ1) is 8.74. The standard InChI is InChI=1S/C12H15N3O2S/c1-3-8(4-2)10(16)13-12-15-14-11(18-12)9-6-5-7-17-9/h5-8H,3-4H2,1-2H3,(H,13,15,16). The van der Waals surface area contributed by atoms with Crippen LogP contribution in [-0.4, -0.2) is 16.1 Å². The van der Waals surface area contributed by atoms with Crippen molar-refractivity contribution < 1.29 is 9.21 Å². The molecular formula is C12H15N3O2S. The van der Waals surface area contributed by atoms with E-state index in [1.807, 2.05) is 19.9 Å². The van der Waals surface area contributed by atoms with Crippen LogP contribution in [0.15, 0.2) is 22.8 Å². The smallest absolute Gasteiger partial charge is 0.229 e. The molecule has 0 saturated carbocycles. The second-order valence-electron chi connectivity index (χ2n) is 3.89. The first-order valence-corrected chi connectivity index (χ1v) is 6.74. The van der Waals surface area contributed by atoms with Gasteiger partial charge in [0.05, 0.1) is 6.26 Å². The Balaban J connectivity index is 2.05. The summed E-state index contributed by atoms with van der Waals surface area (Å²) in [5, 5.41) is 11.9. The summed E-state index contributed by atoms with van der Waals surface area (Å²) in [7, 11) is 0. The summed E-state index contributed by atoms with van der Waals surface area (Å²) in [5.74, 6) is 0.693. The molecule has 0 saturated heterocycles. The molecule has 6 heteroatoms. The Bertz CT molecular complexity index is 503. The predicted octanol–water partition coefficient (Wildman–Crippen LogP) is 3.17. The van der Waals surface area contributed by atoms with E-state index in [9.17, 15) is 4.79 Å². The molecule has 0 fully saturated rings. The highest BCUT2D eigenvalue weighted by Gasteiger charge is 2.17. The van der Waals surface area contributed by atoms with Gasteiger partial charge < -0.3 is 9.73 Å². The maximum Gasteiger partial charge on any atom is 0.229 e. The van der Waals surface area contributed by atoms with E-state index in [1.54, 1.807) is 12.3 Å². The van der Waals surface area contributed by atoms with Crippen LogP contribution in [0.2, 0.25) is 0 Å². The zero-order valence-corrected chi connectivity index (χ0v) is 11.2. The second kappa shape index (κ2) is 5.77. The van der Waals surface area contributed by atoms with Crippen molar-refractivity contribution in [3.63, 3.8) is 0 Å². The summed E-state index contributed by atoms with van der Waals surface area (Å²) in [6.45, 7) is 4.00. The topological polar surface area (TPSA) is 68.0 Å². The van der Waals surface area contributed by atoms with Crippen molar-refractivity contribution in [1.29, 1.82) is 0 Å². The van der Waals surface area contributed by atoms with Gasteiger partial charge in [-0.2, -0.15) is 0 Å². The lowest BCUT2D eigenvalue weighted by Crippen LogP contribution is -2.21. The third-order valence-electron chi connectivity index (χ3n) is 2.74. The Hall–Kier alpha value is -1.69. The molecule has 0 aliphatic rings. The van der Waals surface area contributed by atoms with Gasteiger partial charge in [-0.25, -0.2) is 0 Å². The maximum absolute atomic E-state index is 11.9. The maximum atomic E-state index is 11.9. The lowest BCUT2D eigenvalue weighted by molar-refractivity contribution is -0.120. The molecule has 2 heterocycles. The van der Waals surface area contributed by atoms with Gasteiger partial charge in [0.25, 0.3) is 0 Å². The molecule has 0 aliphatic carbocycles. The van der Waals surface area contributed by atoms with E-state index in [4.69, 9.17) is 4.42 Å². The average molecular weight is 265 g/mol. The van der Waals surface area contributed by atoms with Gasteiger partial charge in [0.1, 0.15) is 0 Å². The molecule has 0 unspecified atom stereocenters. The third kappa shape index (κ3) is 2.76. The quantitative estimate of drug-likeness (QED) is 0.901. The number of anilines is 1. The van der Waals surface area contributed by atoms with Crippen LogP contribution < -0.4 is 5.32 Å².